The third-order valence-corrected chi connectivity index (χ3v) is 5.43. The quantitative estimate of drug-likeness (QED) is 0.707. The number of methoxy groups -OCH3 is 1. The van der Waals surface area contributed by atoms with Crippen LogP contribution in [0.3, 0.4) is 0 Å². The van der Waals surface area contributed by atoms with E-state index in [0.717, 1.165) is 5.56 Å². The van der Waals surface area contributed by atoms with Gasteiger partial charge in [0.05, 0.1) is 24.6 Å². The Balaban J connectivity index is 2.18. The largest absolute Gasteiger partial charge is 0.465 e. The van der Waals surface area contributed by atoms with Crippen LogP contribution in [0.2, 0.25) is 0 Å². The van der Waals surface area contributed by atoms with Gasteiger partial charge in [0.15, 0.2) is 0 Å². The first-order chi connectivity index (χ1) is 11.4. The number of ether oxygens (including phenoxy) is 1. The first-order valence-corrected chi connectivity index (χ1v) is 9.09. The lowest BCUT2D eigenvalue weighted by Crippen LogP contribution is -2.31. The number of aromatic nitrogens is 2. The summed E-state index contributed by atoms with van der Waals surface area (Å²) in [6.07, 6.45) is 3.44. The van der Waals surface area contributed by atoms with Gasteiger partial charge in [-0.15, -0.1) is 0 Å². The van der Waals surface area contributed by atoms with Crippen LogP contribution >= 0.6 is 0 Å². The van der Waals surface area contributed by atoms with E-state index in [0.29, 0.717) is 17.7 Å². The minimum Gasteiger partial charge on any atom is -0.465 e. The number of esters is 1. The molecule has 7 nitrogen and oxygen atoms in total. The minimum atomic E-state index is -3.52. The van der Waals surface area contributed by atoms with E-state index in [1.165, 1.54) is 11.4 Å². The fourth-order valence-electron chi connectivity index (χ4n) is 2.37. The number of carbonyl (C=O) groups excluding carboxylic acids is 1. The van der Waals surface area contributed by atoms with Crippen molar-refractivity contribution in [3.8, 4) is 0 Å². The van der Waals surface area contributed by atoms with Gasteiger partial charge in [0.1, 0.15) is 0 Å². The second-order valence-electron chi connectivity index (χ2n) is 5.40. The molecule has 0 bridgehead atoms. The molecular weight excluding hydrogens is 330 g/mol. The second kappa shape index (κ2) is 7.59. The van der Waals surface area contributed by atoms with E-state index in [2.05, 4.69) is 9.84 Å². The molecule has 0 aliphatic carbocycles. The van der Waals surface area contributed by atoms with Crippen LogP contribution < -0.4 is 0 Å². The predicted octanol–water partition coefficient (Wildman–Crippen LogP) is 1.56. The molecule has 8 heteroatoms. The maximum Gasteiger partial charge on any atom is 0.337 e. The Morgan fingerprint density at radius 1 is 1.33 bits per heavy atom. The summed E-state index contributed by atoms with van der Waals surface area (Å²) in [4.78, 5) is 11.6. The number of aryl methyl sites for hydroxylation is 1. The predicted molar refractivity (Wildman–Crippen MR) is 89.7 cm³/mol. The van der Waals surface area contributed by atoms with Crippen LogP contribution in [0.1, 0.15) is 28.4 Å². The Kier molecular flexibility index (Phi) is 5.74. The molecule has 0 fully saturated rings. The molecule has 1 aromatic carbocycles. The summed E-state index contributed by atoms with van der Waals surface area (Å²) in [5.41, 5.74) is 1.70. The normalized spacial score (nSPS) is 11.7. The molecule has 0 unspecified atom stereocenters. The van der Waals surface area contributed by atoms with Crippen molar-refractivity contribution in [2.24, 2.45) is 7.05 Å². The number of nitrogens with zero attached hydrogens (tertiary/aromatic N) is 3. The van der Waals surface area contributed by atoms with Crippen molar-refractivity contribution in [2.75, 3.05) is 13.7 Å². The number of hydrogen-bond donors (Lipinski definition) is 0. The summed E-state index contributed by atoms with van der Waals surface area (Å²) in [5, 5.41) is 4.05. The van der Waals surface area contributed by atoms with Gasteiger partial charge < -0.3 is 4.74 Å². The molecule has 1 heterocycles. The molecule has 0 atom stereocenters. The molecule has 2 rings (SSSR count). The highest BCUT2D eigenvalue weighted by Crippen LogP contribution is 2.16. The van der Waals surface area contributed by atoms with E-state index in [1.54, 1.807) is 55.3 Å². The van der Waals surface area contributed by atoms with Gasteiger partial charge in [-0.3, -0.25) is 4.68 Å². The standard InChI is InChI=1S/C16H21N3O4S/c1-4-19(11-14-9-17-18(2)10-14)24(21,22)12-13-6-5-7-15(8-13)16(20)23-3/h5-10H,4,11-12H2,1-3H3. The third kappa shape index (κ3) is 4.42. The monoisotopic (exact) mass is 351 g/mol. The van der Waals surface area contributed by atoms with Crippen LogP contribution in [0, 0.1) is 0 Å². The van der Waals surface area contributed by atoms with Gasteiger partial charge >= 0.3 is 5.97 Å². The second-order valence-corrected chi connectivity index (χ2v) is 7.37. The molecule has 0 radical (unpaired) electrons. The zero-order valence-corrected chi connectivity index (χ0v) is 14.8. The average Bonchev–Trinajstić information content (AvgIpc) is 2.96. The Morgan fingerprint density at radius 3 is 2.67 bits per heavy atom. The van der Waals surface area contributed by atoms with Gasteiger partial charge in [-0.05, 0) is 17.7 Å². The maximum atomic E-state index is 12.7. The Hall–Kier alpha value is -2.19. The highest BCUT2D eigenvalue weighted by Gasteiger charge is 2.22. The molecule has 0 N–H and O–H groups in total. The van der Waals surface area contributed by atoms with E-state index in [9.17, 15) is 13.2 Å². The molecule has 0 saturated carbocycles. The Bertz CT molecular complexity index is 814. The molecule has 0 aliphatic rings. The van der Waals surface area contributed by atoms with Crippen molar-refractivity contribution in [1.82, 2.24) is 14.1 Å². The zero-order valence-electron chi connectivity index (χ0n) is 14.0. The van der Waals surface area contributed by atoms with Gasteiger partial charge in [-0.2, -0.15) is 9.40 Å². The van der Waals surface area contributed by atoms with Crippen LogP contribution in [-0.4, -0.2) is 42.1 Å². The zero-order chi connectivity index (χ0) is 17.7. The smallest absolute Gasteiger partial charge is 0.337 e. The van der Waals surface area contributed by atoms with Crippen molar-refractivity contribution >= 4 is 16.0 Å². The number of rotatable bonds is 7. The molecule has 1 aromatic heterocycles. The molecule has 2 aromatic rings. The van der Waals surface area contributed by atoms with Crippen LogP contribution in [0.15, 0.2) is 36.7 Å². The minimum absolute atomic E-state index is 0.175. The summed E-state index contributed by atoms with van der Waals surface area (Å²) < 4.78 is 33.0. The van der Waals surface area contributed by atoms with E-state index >= 15 is 0 Å². The van der Waals surface area contributed by atoms with Crippen LogP contribution in [0.25, 0.3) is 0 Å². The first kappa shape index (κ1) is 18.2. The molecule has 0 aliphatic heterocycles. The molecule has 0 spiro atoms. The Morgan fingerprint density at radius 2 is 2.08 bits per heavy atom. The molecule has 24 heavy (non-hydrogen) atoms. The third-order valence-electron chi connectivity index (χ3n) is 3.56. The SMILES string of the molecule is CCN(Cc1cnn(C)c1)S(=O)(=O)Cc1cccc(C(=O)OC)c1. The lowest BCUT2D eigenvalue weighted by Gasteiger charge is -2.20. The summed E-state index contributed by atoms with van der Waals surface area (Å²) in [5.74, 6) is -0.664. The van der Waals surface area contributed by atoms with Gasteiger partial charge in [-0.1, -0.05) is 19.1 Å². The summed E-state index contributed by atoms with van der Waals surface area (Å²) in [6, 6.07) is 6.47. The number of sulfonamides is 1. The van der Waals surface area contributed by atoms with Crippen LogP contribution in [0.5, 0.6) is 0 Å². The lowest BCUT2D eigenvalue weighted by atomic mass is 10.1. The van der Waals surface area contributed by atoms with Crippen molar-refractivity contribution in [3.05, 3.63) is 53.3 Å². The summed E-state index contributed by atoms with van der Waals surface area (Å²) in [7, 11) is -0.445. The first-order valence-electron chi connectivity index (χ1n) is 7.48. The van der Waals surface area contributed by atoms with E-state index in [1.807, 2.05) is 0 Å². The Labute approximate surface area is 141 Å². The van der Waals surface area contributed by atoms with Crippen molar-refractivity contribution in [2.45, 2.75) is 19.2 Å². The van der Waals surface area contributed by atoms with Crippen molar-refractivity contribution in [1.29, 1.82) is 0 Å². The van der Waals surface area contributed by atoms with Crippen molar-refractivity contribution in [3.63, 3.8) is 0 Å². The molecular formula is C16H21N3O4S. The summed E-state index contributed by atoms with van der Waals surface area (Å²) in [6.45, 7) is 2.41. The van der Waals surface area contributed by atoms with Crippen molar-refractivity contribution < 1.29 is 17.9 Å². The van der Waals surface area contributed by atoms with Gasteiger partial charge in [0, 0.05) is 31.9 Å². The molecule has 0 saturated heterocycles. The van der Waals surface area contributed by atoms with Gasteiger partial charge in [0.2, 0.25) is 10.0 Å². The fourth-order valence-corrected chi connectivity index (χ4v) is 3.89. The van der Waals surface area contributed by atoms with E-state index < -0.39 is 16.0 Å². The highest BCUT2D eigenvalue weighted by atomic mass is 32.2. The fraction of sp³-hybridized carbons (Fsp3) is 0.375. The molecule has 0 amide bonds. The molecule has 130 valence electrons. The van der Waals surface area contributed by atoms with Gasteiger partial charge in [0.25, 0.3) is 0 Å². The average molecular weight is 351 g/mol. The van der Waals surface area contributed by atoms with Gasteiger partial charge in [-0.25, -0.2) is 13.2 Å². The number of hydrogen-bond acceptors (Lipinski definition) is 5. The number of benzene rings is 1. The van der Waals surface area contributed by atoms with E-state index in [-0.39, 0.29) is 12.3 Å². The highest BCUT2D eigenvalue weighted by molar-refractivity contribution is 7.88. The maximum absolute atomic E-state index is 12.7. The topological polar surface area (TPSA) is 81.5 Å². The summed E-state index contributed by atoms with van der Waals surface area (Å²) >= 11 is 0. The van der Waals surface area contributed by atoms with E-state index in [4.69, 9.17) is 0 Å². The number of carbonyl (C=O) groups is 1. The van der Waals surface area contributed by atoms with Crippen LogP contribution in [0.4, 0.5) is 0 Å². The van der Waals surface area contributed by atoms with Crippen LogP contribution in [-0.2, 0) is 34.1 Å². The lowest BCUT2D eigenvalue weighted by molar-refractivity contribution is 0.0600.